The molecule has 1 aliphatic rings. The second kappa shape index (κ2) is 11.2. The average Bonchev–Trinajstić information content (AvgIpc) is 3.89. The first-order valence-electron chi connectivity index (χ1n) is 17.3. The van der Waals surface area contributed by atoms with Crippen molar-refractivity contribution in [2.45, 2.75) is 12.2 Å². The van der Waals surface area contributed by atoms with Crippen LogP contribution in [0.2, 0.25) is 0 Å². The SMILES string of the molecule is C1=C(c2ccccc2)NC(c2cccc3oc4ccccc4c23)NC1c1ccc2c(c1)oc1cccc(-c3cccc4c3sc3ccccc34)c12. The standard InChI is InChI=1S/C46H30N2O2S/c1-2-11-27(12-3-1)36-26-37(48-46(47-36)35-18-10-21-40-44(35)33-14-4-6-19-38(33)49-40)28-23-24-34-41(25-28)50-39-20-9-15-30(43(34)39)32-17-8-16-31-29-13-5-7-22-42(29)51-45(31)32/h1-26,37,46-48H. The maximum absolute atomic E-state index is 6.66. The molecule has 0 saturated heterocycles. The first kappa shape index (κ1) is 28.7. The molecular formula is C46H30N2O2S. The number of nitrogens with one attached hydrogen (secondary N) is 2. The Morgan fingerprint density at radius 3 is 2.12 bits per heavy atom. The fraction of sp³-hybridized carbons (Fsp3) is 0.0435. The summed E-state index contributed by atoms with van der Waals surface area (Å²) in [6.45, 7) is 0. The maximum Gasteiger partial charge on any atom is 0.136 e. The Balaban J connectivity index is 1.05. The third-order valence-corrected chi connectivity index (χ3v) is 11.6. The van der Waals surface area contributed by atoms with E-state index in [0.717, 1.165) is 66.3 Å². The van der Waals surface area contributed by atoms with Crippen molar-refractivity contribution in [1.82, 2.24) is 10.6 Å². The van der Waals surface area contributed by atoms with Crippen LogP contribution >= 0.6 is 11.3 Å². The van der Waals surface area contributed by atoms with Gasteiger partial charge in [0.05, 0.1) is 6.04 Å². The van der Waals surface area contributed by atoms with Gasteiger partial charge in [-0.05, 0) is 53.1 Å². The summed E-state index contributed by atoms with van der Waals surface area (Å²) in [7, 11) is 0. The predicted octanol–water partition coefficient (Wildman–Crippen LogP) is 12.5. The molecule has 2 atom stereocenters. The van der Waals surface area contributed by atoms with Crippen molar-refractivity contribution in [1.29, 1.82) is 0 Å². The Labute approximate surface area is 297 Å². The Hall–Kier alpha value is -6.14. The minimum atomic E-state index is -0.167. The van der Waals surface area contributed by atoms with Gasteiger partial charge in [0.25, 0.3) is 0 Å². The van der Waals surface area contributed by atoms with E-state index in [4.69, 9.17) is 8.83 Å². The summed E-state index contributed by atoms with van der Waals surface area (Å²) >= 11 is 1.86. The highest BCUT2D eigenvalue weighted by atomic mass is 32.1. The quantitative estimate of drug-likeness (QED) is 0.195. The van der Waals surface area contributed by atoms with Crippen LogP contribution in [0.3, 0.4) is 0 Å². The van der Waals surface area contributed by atoms with E-state index < -0.39 is 0 Å². The fourth-order valence-corrected chi connectivity index (χ4v) is 9.29. The van der Waals surface area contributed by atoms with Gasteiger partial charge in [-0.1, -0.05) is 121 Å². The molecule has 0 saturated carbocycles. The molecule has 3 aromatic heterocycles. The summed E-state index contributed by atoms with van der Waals surface area (Å²) in [6.07, 6.45) is 2.12. The molecule has 2 unspecified atom stereocenters. The zero-order chi connectivity index (χ0) is 33.5. The third-order valence-electron chi connectivity index (χ3n) is 10.4. The molecule has 0 aliphatic carbocycles. The highest BCUT2D eigenvalue weighted by Gasteiger charge is 2.27. The number of hydrogen-bond acceptors (Lipinski definition) is 5. The number of rotatable bonds is 4. The highest BCUT2D eigenvalue weighted by molar-refractivity contribution is 7.26. The summed E-state index contributed by atoms with van der Waals surface area (Å²) < 4.78 is 15.6. The summed E-state index contributed by atoms with van der Waals surface area (Å²) in [5.74, 6) is 0. The molecular weight excluding hydrogens is 645 g/mol. The Morgan fingerprint density at radius 2 is 1.20 bits per heavy atom. The Kier molecular flexibility index (Phi) is 6.29. The van der Waals surface area contributed by atoms with Gasteiger partial charge < -0.3 is 14.2 Å². The van der Waals surface area contributed by atoms with Crippen LogP contribution in [0.5, 0.6) is 0 Å². The number of thiophene rings is 1. The monoisotopic (exact) mass is 674 g/mol. The normalized spacial score (nSPS) is 16.4. The number of para-hydroxylation sites is 1. The van der Waals surface area contributed by atoms with Crippen molar-refractivity contribution >= 4 is 81.1 Å². The molecule has 7 aromatic carbocycles. The molecule has 1 aliphatic heterocycles. The van der Waals surface area contributed by atoms with Crippen molar-refractivity contribution in [3.63, 3.8) is 0 Å². The van der Waals surface area contributed by atoms with E-state index in [1.807, 2.05) is 23.5 Å². The second-order valence-corrected chi connectivity index (χ2v) is 14.4. The maximum atomic E-state index is 6.66. The minimum Gasteiger partial charge on any atom is -0.456 e. The van der Waals surface area contributed by atoms with Gasteiger partial charge in [0.15, 0.2) is 0 Å². The van der Waals surface area contributed by atoms with Crippen molar-refractivity contribution in [2.24, 2.45) is 0 Å². The molecule has 10 aromatic rings. The minimum absolute atomic E-state index is 0.0794. The molecule has 51 heavy (non-hydrogen) atoms. The van der Waals surface area contributed by atoms with E-state index in [0.29, 0.717) is 0 Å². The van der Waals surface area contributed by atoms with Gasteiger partial charge in [-0.2, -0.15) is 0 Å². The van der Waals surface area contributed by atoms with Crippen LogP contribution in [-0.4, -0.2) is 0 Å². The van der Waals surface area contributed by atoms with Gasteiger partial charge in [-0.3, -0.25) is 5.32 Å². The van der Waals surface area contributed by atoms with E-state index in [1.165, 1.54) is 31.3 Å². The topological polar surface area (TPSA) is 50.3 Å². The number of hydrogen-bond donors (Lipinski definition) is 2. The van der Waals surface area contributed by atoms with Crippen molar-refractivity contribution in [3.8, 4) is 11.1 Å². The van der Waals surface area contributed by atoms with Crippen LogP contribution in [0.1, 0.15) is 28.9 Å². The van der Waals surface area contributed by atoms with Gasteiger partial charge in [0, 0.05) is 58.5 Å². The number of fused-ring (bicyclic) bond motifs is 9. The first-order valence-corrected chi connectivity index (χ1v) is 18.1. The molecule has 0 fully saturated rings. The van der Waals surface area contributed by atoms with E-state index in [-0.39, 0.29) is 12.2 Å². The van der Waals surface area contributed by atoms with E-state index in [2.05, 4.69) is 156 Å². The molecule has 4 heterocycles. The van der Waals surface area contributed by atoms with Crippen molar-refractivity contribution in [3.05, 3.63) is 174 Å². The molecule has 0 radical (unpaired) electrons. The first-order chi connectivity index (χ1) is 25.3. The molecule has 2 N–H and O–H groups in total. The molecule has 242 valence electrons. The lowest BCUT2D eigenvalue weighted by atomic mass is 9.95. The molecule has 5 heteroatoms. The van der Waals surface area contributed by atoms with Crippen molar-refractivity contribution < 1.29 is 8.83 Å². The van der Waals surface area contributed by atoms with Gasteiger partial charge in [0.1, 0.15) is 28.5 Å². The largest absolute Gasteiger partial charge is 0.456 e. The van der Waals surface area contributed by atoms with Gasteiger partial charge in [-0.25, -0.2) is 0 Å². The molecule has 0 amide bonds. The zero-order valence-electron chi connectivity index (χ0n) is 27.4. The second-order valence-electron chi connectivity index (χ2n) is 13.3. The predicted molar refractivity (Wildman–Crippen MR) is 212 cm³/mol. The lowest BCUT2D eigenvalue weighted by molar-refractivity contribution is 0.445. The lowest BCUT2D eigenvalue weighted by Gasteiger charge is -2.33. The van der Waals surface area contributed by atoms with E-state index in [1.54, 1.807) is 0 Å². The Morgan fingerprint density at radius 1 is 0.510 bits per heavy atom. The molecule has 11 rings (SSSR count). The number of benzene rings is 7. The summed E-state index contributed by atoms with van der Waals surface area (Å²) in [5.41, 5.74) is 10.5. The summed E-state index contributed by atoms with van der Waals surface area (Å²) in [5, 5.41) is 14.9. The average molecular weight is 675 g/mol. The van der Waals surface area contributed by atoms with Crippen LogP contribution in [-0.2, 0) is 0 Å². The smallest absolute Gasteiger partial charge is 0.136 e. The van der Waals surface area contributed by atoms with Gasteiger partial charge in [-0.15, -0.1) is 11.3 Å². The zero-order valence-corrected chi connectivity index (χ0v) is 28.2. The van der Waals surface area contributed by atoms with Crippen LogP contribution in [0, 0.1) is 0 Å². The summed E-state index contributed by atoms with van der Waals surface area (Å²) in [6, 6.07) is 53.6. The lowest BCUT2D eigenvalue weighted by Crippen LogP contribution is -2.39. The number of furan rings is 2. The van der Waals surface area contributed by atoms with Crippen LogP contribution in [0.15, 0.2) is 167 Å². The third kappa shape index (κ3) is 4.49. The highest BCUT2D eigenvalue weighted by Crippen LogP contribution is 2.44. The molecule has 0 bridgehead atoms. The van der Waals surface area contributed by atoms with Crippen LogP contribution < -0.4 is 10.6 Å². The van der Waals surface area contributed by atoms with E-state index in [9.17, 15) is 0 Å². The van der Waals surface area contributed by atoms with Gasteiger partial charge in [0.2, 0.25) is 0 Å². The van der Waals surface area contributed by atoms with Gasteiger partial charge >= 0.3 is 0 Å². The van der Waals surface area contributed by atoms with Crippen molar-refractivity contribution in [2.75, 3.05) is 0 Å². The Bertz CT molecular complexity index is 3000. The molecule has 0 spiro atoms. The molecule has 4 nitrogen and oxygen atoms in total. The summed E-state index contributed by atoms with van der Waals surface area (Å²) in [4.78, 5) is 0. The van der Waals surface area contributed by atoms with Crippen LogP contribution in [0.4, 0.5) is 0 Å². The fourth-order valence-electron chi connectivity index (χ4n) is 8.06. The van der Waals surface area contributed by atoms with E-state index >= 15 is 0 Å². The van der Waals surface area contributed by atoms with Crippen LogP contribution in [0.25, 0.3) is 80.9 Å².